The summed E-state index contributed by atoms with van der Waals surface area (Å²) in [5.41, 5.74) is 0.338. The highest BCUT2D eigenvalue weighted by molar-refractivity contribution is 5.66. The van der Waals surface area contributed by atoms with E-state index in [9.17, 15) is 4.79 Å². The Morgan fingerprint density at radius 2 is 2.14 bits per heavy atom. The summed E-state index contributed by atoms with van der Waals surface area (Å²) in [6, 6.07) is 0. The number of carbonyl (C=O) groups is 1. The Morgan fingerprint density at radius 3 is 2.57 bits per heavy atom. The number of rotatable bonds is 2. The first-order valence-corrected chi connectivity index (χ1v) is 5.65. The molecule has 80 valence electrons. The first kappa shape index (κ1) is 10.0. The standard InChI is InChI=1S/C12H20O2/c1-7(2)12-6-10(12)8(3)5-11(12)14-9(4)13/h7-8,10-11H,5-6H2,1-4H3. The summed E-state index contributed by atoms with van der Waals surface area (Å²) in [4.78, 5) is 11.0. The molecule has 2 aliphatic rings. The van der Waals surface area contributed by atoms with Crippen molar-refractivity contribution >= 4 is 5.97 Å². The summed E-state index contributed by atoms with van der Waals surface area (Å²) in [6.07, 6.45) is 2.53. The van der Waals surface area contributed by atoms with Crippen LogP contribution < -0.4 is 0 Å². The summed E-state index contributed by atoms with van der Waals surface area (Å²) in [5.74, 6) is 2.07. The molecule has 0 saturated heterocycles. The van der Waals surface area contributed by atoms with Crippen molar-refractivity contribution in [3.8, 4) is 0 Å². The molecular formula is C12H20O2. The van der Waals surface area contributed by atoms with E-state index in [1.54, 1.807) is 0 Å². The lowest BCUT2D eigenvalue weighted by Crippen LogP contribution is -2.29. The minimum absolute atomic E-state index is 0.116. The molecule has 0 aliphatic heterocycles. The van der Waals surface area contributed by atoms with Gasteiger partial charge in [-0.05, 0) is 30.6 Å². The van der Waals surface area contributed by atoms with E-state index in [2.05, 4.69) is 20.8 Å². The fraction of sp³-hybridized carbons (Fsp3) is 0.917. The highest BCUT2D eigenvalue weighted by Crippen LogP contribution is 2.70. The third-order valence-electron chi connectivity index (χ3n) is 4.36. The van der Waals surface area contributed by atoms with Crippen LogP contribution in [0.3, 0.4) is 0 Å². The van der Waals surface area contributed by atoms with Crippen LogP contribution in [0.4, 0.5) is 0 Å². The number of carbonyl (C=O) groups excluding carboxylic acids is 1. The Kier molecular flexibility index (Phi) is 2.13. The fourth-order valence-electron chi connectivity index (χ4n) is 3.54. The predicted octanol–water partition coefficient (Wildman–Crippen LogP) is 2.62. The summed E-state index contributed by atoms with van der Waals surface area (Å²) < 4.78 is 5.46. The number of ether oxygens (including phenoxy) is 1. The molecule has 2 fully saturated rings. The minimum Gasteiger partial charge on any atom is -0.462 e. The van der Waals surface area contributed by atoms with Crippen molar-refractivity contribution in [3.05, 3.63) is 0 Å². The second kappa shape index (κ2) is 2.98. The van der Waals surface area contributed by atoms with Gasteiger partial charge in [-0.15, -0.1) is 0 Å². The molecule has 0 aromatic heterocycles. The van der Waals surface area contributed by atoms with E-state index in [1.807, 2.05) is 0 Å². The second-order valence-corrected chi connectivity index (χ2v) is 5.39. The van der Waals surface area contributed by atoms with Gasteiger partial charge < -0.3 is 4.74 Å². The molecule has 14 heavy (non-hydrogen) atoms. The van der Waals surface area contributed by atoms with Gasteiger partial charge in [0.2, 0.25) is 0 Å². The van der Waals surface area contributed by atoms with Gasteiger partial charge in [-0.1, -0.05) is 20.8 Å². The maximum absolute atomic E-state index is 11.0. The van der Waals surface area contributed by atoms with E-state index in [4.69, 9.17) is 4.74 Å². The van der Waals surface area contributed by atoms with Crippen molar-refractivity contribution < 1.29 is 9.53 Å². The fourth-order valence-corrected chi connectivity index (χ4v) is 3.54. The van der Waals surface area contributed by atoms with Crippen LogP contribution in [0, 0.1) is 23.2 Å². The highest BCUT2D eigenvalue weighted by atomic mass is 16.5. The Bertz CT molecular complexity index is 259. The third-order valence-corrected chi connectivity index (χ3v) is 4.36. The molecule has 2 rings (SSSR count). The molecule has 0 bridgehead atoms. The quantitative estimate of drug-likeness (QED) is 0.635. The van der Waals surface area contributed by atoms with Gasteiger partial charge in [-0.3, -0.25) is 4.79 Å². The van der Waals surface area contributed by atoms with Gasteiger partial charge in [0.15, 0.2) is 0 Å². The molecule has 4 atom stereocenters. The first-order chi connectivity index (χ1) is 6.48. The van der Waals surface area contributed by atoms with Gasteiger partial charge >= 0.3 is 5.97 Å². The maximum Gasteiger partial charge on any atom is 0.302 e. The van der Waals surface area contributed by atoms with Gasteiger partial charge in [-0.2, -0.15) is 0 Å². The van der Waals surface area contributed by atoms with E-state index < -0.39 is 0 Å². The zero-order valence-electron chi connectivity index (χ0n) is 9.54. The van der Waals surface area contributed by atoms with E-state index >= 15 is 0 Å². The Labute approximate surface area is 86.0 Å². The van der Waals surface area contributed by atoms with Crippen molar-refractivity contribution in [2.45, 2.75) is 46.6 Å². The molecule has 4 unspecified atom stereocenters. The molecule has 0 amide bonds. The average Bonchev–Trinajstić information content (AvgIpc) is 2.71. The van der Waals surface area contributed by atoms with Gasteiger partial charge in [0, 0.05) is 12.3 Å². The van der Waals surface area contributed by atoms with Gasteiger partial charge in [-0.25, -0.2) is 0 Å². The van der Waals surface area contributed by atoms with Crippen LogP contribution in [0.2, 0.25) is 0 Å². The molecular weight excluding hydrogens is 176 g/mol. The van der Waals surface area contributed by atoms with Crippen molar-refractivity contribution in [3.63, 3.8) is 0 Å². The van der Waals surface area contributed by atoms with Crippen molar-refractivity contribution in [1.29, 1.82) is 0 Å². The monoisotopic (exact) mass is 196 g/mol. The molecule has 0 spiro atoms. The van der Waals surface area contributed by atoms with Gasteiger partial charge in [0.05, 0.1) is 0 Å². The first-order valence-electron chi connectivity index (χ1n) is 5.65. The van der Waals surface area contributed by atoms with Crippen molar-refractivity contribution in [2.75, 3.05) is 0 Å². The summed E-state index contributed by atoms with van der Waals surface area (Å²) in [7, 11) is 0. The molecule has 0 aromatic carbocycles. The average molecular weight is 196 g/mol. The minimum atomic E-state index is -0.116. The number of esters is 1. The van der Waals surface area contributed by atoms with E-state index in [-0.39, 0.29) is 12.1 Å². The lowest BCUT2D eigenvalue weighted by molar-refractivity contribution is -0.150. The molecule has 2 saturated carbocycles. The molecule has 2 nitrogen and oxygen atoms in total. The summed E-state index contributed by atoms with van der Waals surface area (Å²) in [6.45, 7) is 8.33. The normalized spacial score (nSPS) is 45.1. The summed E-state index contributed by atoms with van der Waals surface area (Å²) in [5, 5.41) is 0. The second-order valence-electron chi connectivity index (χ2n) is 5.39. The van der Waals surface area contributed by atoms with E-state index in [0.29, 0.717) is 11.3 Å². The van der Waals surface area contributed by atoms with Gasteiger partial charge in [0.1, 0.15) is 6.10 Å². The SMILES string of the molecule is CC(=O)OC1CC(C)C2CC12C(C)C. The van der Waals surface area contributed by atoms with Crippen molar-refractivity contribution in [2.24, 2.45) is 23.2 Å². The van der Waals surface area contributed by atoms with Crippen molar-refractivity contribution in [1.82, 2.24) is 0 Å². The Morgan fingerprint density at radius 1 is 1.50 bits per heavy atom. The van der Waals surface area contributed by atoms with Crippen LogP contribution in [0.15, 0.2) is 0 Å². The van der Waals surface area contributed by atoms with Crippen LogP contribution in [0.5, 0.6) is 0 Å². The van der Waals surface area contributed by atoms with Crippen LogP contribution in [0.1, 0.15) is 40.5 Å². The number of fused-ring (bicyclic) bond motifs is 1. The molecule has 0 radical (unpaired) electrons. The molecule has 0 heterocycles. The largest absolute Gasteiger partial charge is 0.462 e. The molecule has 0 aromatic rings. The van der Waals surface area contributed by atoms with Crippen LogP contribution >= 0.6 is 0 Å². The summed E-state index contributed by atoms with van der Waals surface area (Å²) >= 11 is 0. The predicted molar refractivity (Wildman–Crippen MR) is 54.7 cm³/mol. The zero-order chi connectivity index (χ0) is 10.5. The molecule has 0 N–H and O–H groups in total. The number of hydrogen-bond donors (Lipinski definition) is 0. The highest BCUT2D eigenvalue weighted by Gasteiger charge is 2.68. The molecule has 2 heteroatoms. The Hall–Kier alpha value is -0.530. The van der Waals surface area contributed by atoms with E-state index in [0.717, 1.165) is 18.3 Å². The van der Waals surface area contributed by atoms with Crippen LogP contribution in [-0.2, 0) is 9.53 Å². The van der Waals surface area contributed by atoms with Crippen LogP contribution in [-0.4, -0.2) is 12.1 Å². The zero-order valence-corrected chi connectivity index (χ0v) is 9.54. The topological polar surface area (TPSA) is 26.3 Å². The van der Waals surface area contributed by atoms with E-state index in [1.165, 1.54) is 13.3 Å². The third kappa shape index (κ3) is 1.19. The number of hydrogen-bond acceptors (Lipinski definition) is 2. The van der Waals surface area contributed by atoms with Gasteiger partial charge in [0.25, 0.3) is 0 Å². The maximum atomic E-state index is 11.0. The van der Waals surface area contributed by atoms with Crippen LogP contribution in [0.25, 0.3) is 0 Å². The molecule has 2 aliphatic carbocycles. The Balaban J connectivity index is 2.13. The lowest BCUT2D eigenvalue weighted by Gasteiger charge is -2.26. The lowest BCUT2D eigenvalue weighted by atomic mass is 9.87. The smallest absolute Gasteiger partial charge is 0.302 e.